The number of rotatable bonds is 8. The van der Waals surface area contributed by atoms with E-state index >= 15 is 0 Å². The molecule has 8 nitrogen and oxygen atoms in total. The highest BCUT2D eigenvalue weighted by Crippen LogP contribution is 2.22. The molecule has 9 heteroatoms. The van der Waals surface area contributed by atoms with Gasteiger partial charge in [-0.3, -0.25) is 24.0 Å². The van der Waals surface area contributed by atoms with E-state index < -0.39 is 21.3 Å². The fourth-order valence-electron chi connectivity index (χ4n) is 4.22. The molecule has 174 valence electrons. The minimum atomic E-state index is -3.47. The van der Waals surface area contributed by atoms with Crippen LogP contribution in [0, 0.1) is 0 Å². The van der Waals surface area contributed by atoms with E-state index in [0.29, 0.717) is 23.1 Å². The van der Waals surface area contributed by atoms with Gasteiger partial charge in [-0.1, -0.05) is 36.4 Å². The maximum Gasteiger partial charge on any atom is 0.328 e. The van der Waals surface area contributed by atoms with Gasteiger partial charge >= 0.3 is 5.69 Å². The molecule has 0 spiro atoms. The van der Waals surface area contributed by atoms with E-state index in [9.17, 15) is 18.0 Å². The molecule has 0 saturated carbocycles. The molecule has 0 unspecified atom stereocenters. The number of sulfonamides is 1. The zero-order chi connectivity index (χ0) is 23.4. The molecule has 2 heterocycles. The van der Waals surface area contributed by atoms with Gasteiger partial charge in [-0.05, 0) is 55.1 Å². The normalized spacial score (nSPS) is 14.9. The van der Waals surface area contributed by atoms with E-state index in [1.807, 2.05) is 6.07 Å². The predicted molar refractivity (Wildman–Crippen MR) is 132 cm³/mol. The Kier molecular flexibility index (Phi) is 6.80. The number of anilines is 1. The molecule has 1 aromatic heterocycles. The van der Waals surface area contributed by atoms with Crippen LogP contribution in [0.15, 0.2) is 64.2 Å². The smallest absolute Gasteiger partial charge is 0.299 e. The first-order valence-electron chi connectivity index (χ1n) is 11.0. The number of hydrogen-bond acceptors (Lipinski definition) is 5. The van der Waals surface area contributed by atoms with Crippen molar-refractivity contribution in [3.63, 3.8) is 0 Å². The van der Waals surface area contributed by atoms with Gasteiger partial charge < -0.3 is 0 Å². The Bertz CT molecular complexity index is 1390. The van der Waals surface area contributed by atoms with Gasteiger partial charge in [0.2, 0.25) is 10.0 Å². The van der Waals surface area contributed by atoms with E-state index in [0.717, 1.165) is 45.2 Å². The van der Waals surface area contributed by atoms with Crippen molar-refractivity contribution in [3.8, 4) is 0 Å². The number of aryl methyl sites for hydroxylation is 1. The van der Waals surface area contributed by atoms with Crippen molar-refractivity contribution < 1.29 is 8.42 Å². The number of nitrogens with one attached hydrogen (secondary N) is 2. The summed E-state index contributed by atoms with van der Waals surface area (Å²) in [4.78, 5) is 29.4. The summed E-state index contributed by atoms with van der Waals surface area (Å²) in [6.45, 7) is 3.28. The third-order valence-electron chi connectivity index (χ3n) is 5.85. The number of hydrogen-bond donors (Lipinski definition) is 2. The van der Waals surface area contributed by atoms with Crippen molar-refractivity contribution in [3.05, 3.63) is 81.0 Å². The molecule has 0 bridgehead atoms. The van der Waals surface area contributed by atoms with Crippen LogP contribution in [0.3, 0.4) is 0 Å². The molecule has 33 heavy (non-hydrogen) atoms. The second kappa shape index (κ2) is 9.76. The number of benzene rings is 2. The summed E-state index contributed by atoms with van der Waals surface area (Å²) in [6.07, 6.45) is 6.03. The van der Waals surface area contributed by atoms with Crippen LogP contribution >= 0.6 is 0 Å². The highest BCUT2D eigenvalue weighted by Gasteiger charge is 2.13. The van der Waals surface area contributed by atoms with Crippen LogP contribution in [0.2, 0.25) is 0 Å². The summed E-state index contributed by atoms with van der Waals surface area (Å²) >= 11 is 0. The van der Waals surface area contributed by atoms with Crippen LogP contribution in [0.4, 0.5) is 5.69 Å². The van der Waals surface area contributed by atoms with Crippen LogP contribution in [-0.4, -0.2) is 48.8 Å². The van der Waals surface area contributed by atoms with Crippen molar-refractivity contribution in [2.45, 2.75) is 25.8 Å². The van der Waals surface area contributed by atoms with Gasteiger partial charge in [-0.15, -0.1) is 0 Å². The number of fused-ring (bicyclic) bond motifs is 1. The van der Waals surface area contributed by atoms with Gasteiger partial charge in [0.05, 0.1) is 22.8 Å². The fourth-order valence-corrected chi connectivity index (χ4v) is 4.78. The molecule has 0 radical (unpaired) electrons. The number of nitrogens with zero attached hydrogens (tertiary/aromatic N) is 2. The van der Waals surface area contributed by atoms with E-state index in [1.165, 1.54) is 33.9 Å². The number of H-pyrrole nitrogens is 1. The average molecular weight is 469 g/mol. The van der Waals surface area contributed by atoms with Crippen LogP contribution in [0.25, 0.3) is 16.5 Å². The second-order valence-electron chi connectivity index (χ2n) is 8.37. The van der Waals surface area contributed by atoms with Crippen molar-refractivity contribution in [1.29, 1.82) is 0 Å². The summed E-state index contributed by atoms with van der Waals surface area (Å²) < 4.78 is 27.0. The Labute approximate surface area is 192 Å². The molecule has 4 rings (SSSR count). The minimum absolute atomic E-state index is 0.318. The lowest BCUT2D eigenvalue weighted by Crippen LogP contribution is -2.31. The van der Waals surface area contributed by atoms with Gasteiger partial charge in [0, 0.05) is 19.6 Å². The first kappa shape index (κ1) is 23.0. The van der Waals surface area contributed by atoms with Crippen LogP contribution in [-0.2, 0) is 16.6 Å². The molecule has 1 aliphatic heterocycles. The quantitative estimate of drug-likeness (QED) is 0.495. The Morgan fingerprint density at radius 2 is 1.79 bits per heavy atom. The molecule has 2 aromatic carbocycles. The molecule has 0 aliphatic carbocycles. The predicted octanol–water partition coefficient (Wildman–Crippen LogP) is 2.63. The topological polar surface area (TPSA) is 104 Å². The summed E-state index contributed by atoms with van der Waals surface area (Å²) in [5.74, 6) is 0. The highest BCUT2D eigenvalue weighted by molar-refractivity contribution is 7.92. The third-order valence-corrected chi connectivity index (χ3v) is 6.45. The van der Waals surface area contributed by atoms with Gasteiger partial charge in [0.15, 0.2) is 0 Å². The third kappa shape index (κ3) is 5.80. The average Bonchev–Trinajstić information content (AvgIpc) is 2.78. The molecule has 0 amide bonds. The Morgan fingerprint density at radius 1 is 1.03 bits per heavy atom. The molecule has 1 aliphatic rings. The van der Waals surface area contributed by atoms with E-state index in [-0.39, 0.29) is 0 Å². The van der Waals surface area contributed by atoms with E-state index in [2.05, 4.69) is 44.9 Å². The lowest BCUT2D eigenvalue weighted by atomic mass is 9.99. The maximum absolute atomic E-state index is 12.5. The molecule has 2 N–H and O–H groups in total. The van der Waals surface area contributed by atoms with Gasteiger partial charge in [0.25, 0.3) is 5.56 Å². The van der Waals surface area contributed by atoms with Crippen molar-refractivity contribution in [2.75, 3.05) is 30.6 Å². The lowest BCUT2D eigenvalue weighted by molar-refractivity contribution is 0.292. The Balaban J connectivity index is 1.40. The zero-order valence-electron chi connectivity index (χ0n) is 18.6. The number of aromatic amines is 1. The summed E-state index contributed by atoms with van der Waals surface area (Å²) in [5.41, 5.74) is 2.44. The van der Waals surface area contributed by atoms with Crippen LogP contribution in [0.1, 0.15) is 24.8 Å². The van der Waals surface area contributed by atoms with Gasteiger partial charge in [-0.25, -0.2) is 13.2 Å². The molecular formula is C24H28N4O4S. The standard InChI is InChI=1S/C24H28N4O4S/c1-33(31,32)26-20-9-10-21-22(17-20)28(24(30)25-23(21)29)14-6-5-13-27-15-11-19(12-16-27)18-7-3-2-4-8-18/h2-4,7-11,17,26H,5-6,12-16H2,1H3,(H,25,29,30). The monoisotopic (exact) mass is 468 g/mol. The SMILES string of the molecule is CS(=O)(=O)Nc1ccc2c(=O)[nH]c(=O)n(CCCCN3CC=C(c4ccccc4)CC3)c2c1. The van der Waals surface area contributed by atoms with Gasteiger partial charge in [0.1, 0.15) is 0 Å². The highest BCUT2D eigenvalue weighted by atomic mass is 32.2. The first-order valence-corrected chi connectivity index (χ1v) is 12.9. The second-order valence-corrected chi connectivity index (χ2v) is 10.1. The van der Waals surface area contributed by atoms with Gasteiger partial charge in [-0.2, -0.15) is 0 Å². The van der Waals surface area contributed by atoms with Crippen molar-refractivity contribution in [1.82, 2.24) is 14.5 Å². The summed E-state index contributed by atoms with van der Waals surface area (Å²) in [6, 6.07) is 15.0. The summed E-state index contributed by atoms with van der Waals surface area (Å²) in [5, 5.41) is 0.350. The van der Waals surface area contributed by atoms with Crippen LogP contribution < -0.4 is 16.0 Å². The molecule has 0 saturated heterocycles. The fraction of sp³-hybridized carbons (Fsp3) is 0.333. The van der Waals surface area contributed by atoms with Crippen molar-refractivity contribution >= 4 is 32.2 Å². The van der Waals surface area contributed by atoms with E-state index in [4.69, 9.17) is 0 Å². The molecular weight excluding hydrogens is 440 g/mol. The van der Waals surface area contributed by atoms with Crippen LogP contribution in [0.5, 0.6) is 0 Å². The lowest BCUT2D eigenvalue weighted by Gasteiger charge is -2.26. The Hall–Kier alpha value is -3.17. The number of unbranched alkanes of at least 4 members (excludes halogenated alkanes) is 1. The largest absolute Gasteiger partial charge is 0.328 e. The zero-order valence-corrected chi connectivity index (χ0v) is 19.4. The number of aromatic nitrogens is 2. The molecule has 0 atom stereocenters. The minimum Gasteiger partial charge on any atom is -0.299 e. The maximum atomic E-state index is 12.5. The Morgan fingerprint density at radius 3 is 2.48 bits per heavy atom. The summed E-state index contributed by atoms with van der Waals surface area (Å²) in [7, 11) is -3.47. The first-order chi connectivity index (χ1) is 15.8. The van der Waals surface area contributed by atoms with E-state index in [1.54, 1.807) is 0 Å². The van der Waals surface area contributed by atoms with Crippen molar-refractivity contribution in [2.24, 2.45) is 0 Å². The molecule has 0 fully saturated rings. The molecule has 3 aromatic rings.